The van der Waals surface area contributed by atoms with Gasteiger partial charge in [-0.3, -0.25) is 0 Å². The van der Waals surface area contributed by atoms with Crippen LogP contribution in [0.5, 0.6) is 0 Å². The first-order valence-electron chi connectivity index (χ1n) is 7.15. The van der Waals surface area contributed by atoms with Crippen molar-refractivity contribution in [2.24, 2.45) is 0 Å². The third-order valence-corrected chi connectivity index (χ3v) is 3.55. The van der Waals surface area contributed by atoms with Crippen molar-refractivity contribution in [1.29, 1.82) is 0 Å². The summed E-state index contributed by atoms with van der Waals surface area (Å²) in [5, 5.41) is 1.29. The number of nitrogen functional groups attached to an aromatic ring is 1. The van der Waals surface area contributed by atoms with Gasteiger partial charge in [-0.05, 0) is 30.0 Å². The number of benzene rings is 1. The van der Waals surface area contributed by atoms with Crippen molar-refractivity contribution in [3.8, 4) is 0 Å². The largest absolute Gasteiger partial charge is 0.399 e. The van der Waals surface area contributed by atoms with Crippen LogP contribution in [0.15, 0.2) is 30.5 Å². The lowest BCUT2D eigenvalue weighted by molar-refractivity contribution is 0.565. The first-order chi connectivity index (χ1) is 8.81. The number of rotatable bonds is 7. The van der Waals surface area contributed by atoms with Gasteiger partial charge in [-0.2, -0.15) is 0 Å². The van der Waals surface area contributed by atoms with Crippen LogP contribution in [0.4, 0.5) is 5.69 Å². The van der Waals surface area contributed by atoms with Gasteiger partial charge in [-0.1, -0.05) is 45.1 Å². The molecule has 0 aliphatic heterocycles. The van der Waals surface area contributed by atoms with Crippen molar-refractivity contribution in [2.75, 3.05) is 5.73 Å². The van der Waals surface area contributed by atoms with E-state index in [1.54, 1.807) is 0 Å². The molecule has 0 saturated heterocycles. The summed E-state index contributed by atoms with van der Waals surface area (Å²) in [7, 11) is 0. The Morgan fingerprint density at radius 2 is 1.78 bits per heavy atom. The summed E-state index contributed by atoms with van der Waals surface area (Å²) >= 11 is 0. The minimum absolute atomic E-state index is 0.852. The van der Waals surface area contributed by atoms with Crippen molar-refractivity contribution in [3.63, 3.8) is 0 Å². The standard InChI is InChI=1S/C16H24N2/c1-2-3-4-5-6-7-11-18-12-10-14-8-9-15(17)13-16(14)18/h8-10,12-13H,2-7,11,17H2,1H3. The summed E-state index contributed by atoms with van der Waals surface area (Å²) in [5.74, 6) is 0. The number of nitrogens with two attached hydrogens (primary N) is 1. The van der Waals surface area contributed by atoms with Gasteiger partial charge in [0.2, 0.25) is 0 Å². The van der Waals surface area contributed by atoms with Gasteiger partial charge in [0.25, 0.3) is 0 Å². The molecule has 1 aromatic heterocycles. The summed E-state index contributed by atoms with van der Waals surface area (Å²) in [6.07, 6.45) is 10.2. The van der Waals surface area contributed by atoms with Crippen LogP contribution in [-0.2, 0) is 6.54 Å². The summed E-state index contributed by atoms with van der Waals surface area (Å²) < 4.78 is 2.32. The Morgan fingerprint density at radius 1 is 1.00 bits per heavy atom. The maximum absolute atomic E-state index is 5.85. The van der Waals surface area contributed by atoms with Crippen LogP contribution in [0.2, 0.25) is 0 Å². The minimum atomic E-state index is 0.852. The fraction of sp³-hybridized carbons (Fsp3) is 0.500. The second-order valence-electron chi connectivity index (χ2n) is 5.10. The third kappa shape index (κ3) is 3.28. The average molecular weight is 244 g/mol. The van der Waals surface area contributed by atoms with E-state index in [-0.39, 0.29) is 0 Å². The molecule has 0 aliphatic rings. The predicted molar refractivity (Wildman–Crippen MR) is 79.7 cm³/mol. The van der Waals surface area contributed by atoms with Gasteiger partial charge in [0.1, 0.15) is 0 Å². The molecule has 0 radical (unpaired) electrons. The van der Waals surface area contributed by atoms with Crippen molar-refractivity contribution in [3.05, 3.63) is 30.5 Å². The van der Waals surface area contributed by atoms with Crippen molar-refractivity contribution in [2.45, 2.75) is 52.0 Å². The number of anilines is 1. The molecule has 0 amide bonds. The Morgan fingerprint density at radius 3 is 2.61 bits per heavy atom. The molecule has 0 aliphatic carbocycles. The molecule has 0 bridgehead atoms. The topological polar surface area (TPSA) is 30.9 Å². The zero-order valence-electron chi connectivity index (χ0n) is 11.4. The molecule has 1 heterocycles. The van der Waals surface area contributed by atoms with Gasteiger partial charge in [-0.15, -0.1) is 0 Å². The molecule has 1 aromatic carbocycles. The molecule has 2 aromatic rings. The molecule has 2 rings (SSSR count). The van der Waals surface area contributed by atoms with E-state index in [0.717, 1.165) is 12.2 Å². The van der Waals surface area contributed by atoms with Gasteiger partial charge in [0.15, 0.2) is 0 Å². The fourth-order valence-corrected chi connectivity index (χ4v) is 2.46. The minimum Gasteiger partial charge on any atom is -0.399 e. The second kappa shape index (κ2) is 6.48. The van der Waals surface area contributed by atoms with Gasteiger partial charge in [0.05, 0.1) is 5.52 Å². The first kappa shape index (κ1) is 13.0. The number of unbranched alkanes of at least 4 members (excludes halogenated alkanes) is 5. The molecule has 0 fully saturated rings. The van der Waals surface area contributed by atoms with Crippen LogP contribution in [0, 0.1) is 0 Å². The van der Waals surface area contributed by atoms with E-state index in [1.807, 2.05) is 6.07 Å². The highest BCUT2D eigenvalue weighted by atomic mass is 14.9. The monoisotopic (exact) mass is 244 g/mol. The Bertz CT molecular complexity index is 485. The lowest BCUT2D eigenvalue weighted by Crippen LogP contribution is -1.96. The molecule has 0 atom stereocenters. The molecule has 0 saturated carbocycles. The van der Waals surface area contributed by atoms with Crippen LogP contribution in [0.3, 0.4) is 0 Å². The van der Waals surface area contributed by atoms with Gasteiger partial charge in [0, 0.05) is 18.4 Å². The van der Waals surface area contributed by atoms with Gasteiger partial charge in [-0.25, -0.2) is 0 Å². The number of hydrogen-bond donors (Lipinski definition) is 1. The van der Waals surface area contributed by atoms with Crippen molar-refractivity contribution < 1.29 is 0 Å². The zero-order valence-corrected chi connectivity index (χ0v) is 11.4. The van der Waals surface area contributed by atoms with Gasteiger partial charge < -0.3 is 10.3 Å². The van der Waals surface area contributed by atoms with E-state index in [2.05, 4.69) is 35.9 Å². The smallest absolute Gasteiger partial charge is 0.0500 e. The lowest BCUT2D eigenvalue weighted by Gasteiger charge is -2.06. The van der Waals surface area contributed by atoms with E-state index < -0.39 is 0 Å². The summed E-state index contributed by atoms with van der Waals surface area (Å²) in [6.45, 7) is 3.37. The second-order valence-corrected chi connectivity index (χ2v) is 5.10. The normalized spacial score (nSPS) is 11.2. The molecule has 0 spiro atoms. The van der Waals surface area contributed by atoms with Gasteiger partial charge >= 0.3 is 0 Å². The first-order valence-corrected chi connectivity index (χ1v) is 7.15. The van der Waals surface area contributed by atoms with Crippen molar-refractivity contribution in [1.82, 2.24) is 4.57 Å². The van der Waals surface area contributed by atoms with Crippen LogP contribution in [0.25, 0.3) is 10.9 Å². The molecular formula is C16H24N2. The molecular weight excluding hydrogens is 220 g/mol. The fourth-order valence-electron chi connectivity index (χ4n) is 2.46. The molecule has 98 valence electrons. The summed E-state index contributed by atoms with van der Waals surface area (Å²) in [5.41, 5.74) is 7.97. The van der Waals surface area contributed by atoms with E-state index in [9.17, 15) is 0 Å². The van der Waals surface area contributed by atoms with Crippen LogP contribution < -0.4 is 5.73 Å². The van der Waals surface area contributed by atoms with Crippen molar-refractivity contribution >= 4 is 16.6 Å². The van der Waals surface area contributed by atoms with Crippen LogP contribution in [-0.4, -0.2) is 4.57 Å². The maximum Gasteiger partial charge on any atom is 0.0500 e. The SMILES string of the molecule is CCCCCCCCn1ccc2ccc(N)cc21. The average Bonchev–Trinajstić information content (AvgIpc) is 2.76. The summed E-state index contributed by atoms with van der Waals surface area (Å²) in [4.78, 5) is 0. The van der Waals surface area contributed by atoms with Crippen LogP contribution >= 0.6 is 0 Å². The lowest BCUT2D eigenvalue weighted by atomic mass is 10.1. The third-order valence-electron chi connectivity index (χ3n) is 3.55. The number of hydrogen-bond acceptors (Lipinski definition) is 1. The zero-order chi connectivity index (χ0) is 12.8. The number of fused-ring (bicyclic) bond motifs is 1. The Hall–Kier alpha value is -1.44. The van der Waals surface area contributed by atoms with E-state index in [1.165, 1.54) is 49.4 Å². The highest BCUT2D eigenvalue weighted by Crippen LogP contribution is 2.19. The Labute approximate surface area is 110 Å². The highest BCUT2D eigenvalue weighted by molar-refractivity contribution is 5.83. The van der Waals surface area contributed by atoms with E-state index in [0.29, 0.717) is 0 Å². The maximum atomic E-state index is 5.85. The van der Waals surface area contributed by atoms with E-state index in [4.69, 9.17) is 5.73 Å². The Balaban J connectivity index is 1.86. The summed E-state index contributed by atoms with van der Waals surface area (Å²) in [6, 6.07) is 8.32. The molecule has 2 heteroatoms. The quantitative estimate of drug-likeness (QED) is 0.560. The number of aryl methyl sites for hydroxylation is 1. The predicted octanol–water partition coefficient (Wildman–Crippen LogP) is 4.58. The molecule has 2 nitrogen and oxygen atoms in total. The Kier molecular flexibility index (Phi) is 4.68. The van der Waals surface area contributed by atoms with Crippen LogP contribution in [0.1, 0.15) is 45.4 Å². The molecule has 18 heavy (non-hydrogen) atoms. The molecule has 2 N–H and O–H groups in total. The molecule has 0 unspecified atom stereocenters. The van der Waals surface area contributed by atoms with E-state index >= 15 is 0 Å². The number of aromatic nitrogens is 1. The highest BCUT2D eigenvalue weighted by Gasteiger charge is 2.01. The number of nitrogens with zero attached hydrogens (tertiary/aromatic N) is 1.